The summed E-state index contributed by atoms with van der Waals surface area (Å²) in [4.78, 5) is 23.7. The molecule has 30 heavy (non-hydrogen) atoms. The van der Waals surface area contributed by atoms with Crippen molar-refractivity contribution in [3.05, 3.63) is 29.8 Å². The van der Waals surface area contributed by atoms with E-state index in [2.05, 4.69) is 10.6 Å². The maximum atomic E-state index is 12.6. The molecule has 0 aliphatic carbocycles. The van der Waals surface area contributed by atoms with Gasteiger partial charge in [-0.1, -0.05) is 0 Å². The molecule has 0 unspecified atom stereocenters. The second-order valence-electron chi connectivity index (χ2n) is 6.80. The molecule has 13 heteroatoms. The molecule has 0 aromatic heterocycles. The Bertz CT molecular complexity index is 987. The highest BCUT2D eigenvalue weighted by Gasteiger charge is 2.29. The van der Waals surface area contributed by atoms with Crippen molar-refractivity contribution in [1.29, 1.82) is 0 Å². The minimum Gasteiger partial charge on any atom is -0.379 e. The Morgan fingerprint density at radius 2 is 1.70 bits per heavy atom. The topological polar surface area (TPSA) is 142 Å². The summed E-state index contributed by atoms with van der Waals surface area (Å²) in [5.41, 5.74) is 0.203. The molecule has 166 valence electrons. The van der Waals surface area contributed by atoms with Crippen molar-refractivity contribution < 1.29 is 31.2 Å². The fraction of sp³-hybridized carbons (Fsp3) is 0.529. The number of nitrogens with one attached hydrogen (secondary N) is 2. The molecular formula is C17H24N4O7S2. The monoisotopic (exact) mass is 460 g/mol. The van der Waals surface area contributed by atoms with Gasteiger partial charge in [0.15, 0.2) is 0 Å². The Labute approximate surface area is 175 Å². The van der Waals surface area contributed by atoms with Crippen LogP contribution in [0.15, 0.2) is 29.2 Å². The molecule has 2 saturated heterocycles. The first-order valence-corrected chi connectivity index (χ1v) is 12.5. The van der Waals surface area contributed by atoms with Crippen molar-refractivity contribution in [2.45, 2.75) is 4.90 Å². The first-order chi connectivity index (χ1) is 14.2. The Hall–Kier alpha value is -2.06. The van der Waals surface area contributed by atoms with Gasteiger partial charge in [-0.3, -0.25) is 9.59 Å². The lowest BCUT2D eigenvalue weighted by Gasteiger charge is -2.26. The summed E-state index contributed by atoms with van der Waals surface area (Å²) >= 11 is 0. The molecule has 0 atom stereocenters. The van der Waals surface area contributed by atoms with Crippen LogP contribution in [0.1, 0.15) is 10.4 Å². The van der Waals surface area contributed by atoms with Crippen LogP contribution in [-0.4, -0.2) is 95.5 Å². The van der Waals surface area contributed by atoms with Crippen LogP contribution < -0.4 is 10.6 Å². The zero-order valence-electron chi connectivity index (χ0n) is 16.2. The first-order valence-electron chi connectivity index (χ1n) is 9.41. The Morgan fingerprint density at radius 3 is 2.33 bits per heavy atom. The number of piperazine rings is 1. The van der Waals surface area contributed by atoms with Crippen LogP contribution >= 0.6 is 0 Å². The largest absolute Gasteiger partial charge is 0.379 e. The van der Waals surface area contributed by atoms with E-state index in [1.165, 1.54) is 28.6 Å². The van der Waals surface area contributed by atoms with Gasteiger partial charge in [-0.25, -0.2) is 16.8 Å². The average molecular weight is 461 g/mol. The van der Waals surface area contributed by atoms with Gasteiger partial charge >= 0.3 is 0 Å². The van der Waals surface area contributed by atoms with Gasteiger partial charge in [-0.05, 0) is 24.3 Å². The number of carbonyl (C=O) groups is 2. The van der Waals surface area contributed by atoms with Crippen molar-refractivity contribution >= 4 is 31.9 Å². The van der Waals surface area contributed by atoms with Crippen LogP contribution in [0, 0.1) is 0 Å². The maximum Gasteiger partial charge on any atom is 0.251 e. The maximum absolute atomic E-state index is 12.6. The normalized spacial score (nSPS) is 19.3. The molecule has 2 aliphatic heterocycles. The van der Waals surface area contributed by atoms with E-state index in [9.17, 15) is 26.4 Å². The van der Waals surface area contributed by atoms with Gasteiger partial charge in [0, 0.05) is 38.3 Å². The summed E-state index contributed by atoms with van der Waals surface area (Å²) in [7, 11) is -7.32. The van der Waals surface area contributed by atoms with Crippen LogP contribution in [0.25, 0.3) is 0 Å². The summed E-state index contributed by atoms with van der Waals surface area (Å²) in [6, 6.07) is 5.29. The predicted octanol–water partition coefficient (Wildman–Crippen LogP) is -1.80. The van der Waals surface area contributed by atoms with Crippen LogP contribution in [0.2, 0.25) is 0 Å². The van der Waals surface area contributed by atoms with Crippen molar-refractivity contribution in [1.82, 2.24) is 19.2 Å². The first kappa shape index (κ1) is 22.6. The molecule has 2 aliphatic rings. The average Bonchev–Trinajstić information content (AvgIpc) is 2.74. The number of benzene rings is 1. The van der Waals surface area contributed by atoms with Crippen LogP contribution in [-0.2, 0) is 29.6 Å². The Kier molecular flexibility index (Phi) is 7.08. The molecule has 0 bridgehead atoms. The molecule has 2 heterocycles. The van der Waals surface area contributed by atoms with Crippen LogP contribution in [0.5, 0.6) is 0 Å². The molecule has 2 fully saturated rings. The summed E-state index contributed by atoms with van der Waals surface area (Å²) in [6.45, 7) is 1.39. The number of hydrogen-bond donors (Lipinski definition) is 2. The summed E-state index contributed by atoms with van der Waals surface area (Å²) in [5, 5.41) is 5.09. The van der Waals surface area contributed by atoms with E-state index in [1.807, 2.05) is 0 Å². The van der Waals surface area contributed by atoms with Crippen molar-refractivity contribution in [3.8, 4) is 0 Å². The zero-order chi connectivity index (χ0) is 21.8. The number of hydrogen-bond acceptors (Lipinski definition) is 7. The van der Waals surface area contributed by atoms with Gasteiger partial charge in [0.05, 0.1) is 30.4 Å². The van der Waals surface area contributed by atoms with Crippen LogP contribution in [0.4, 0.5) is 0 Å². The lowest BCUT2D eigenvalue weighted by atomic mass is 10.2. The van der Waals surface area contributed by atoms with E-state index in [0.717, 1.165) is 4.31 Å². The van der Waals surface area contributed by atoms with Gasteiger partial charge < -0.3 is 15.4 Å². The number of carbonyl (C=O) groups excluding carboxylic acids is 2. The third-order valence-corrected chi connectivity index (χ3v) is 8.50. The molecule has 2 N–H and O–H groups in total. The third-order valence-electron chi connectivity index (χ3n) is 4.77. The highest BCUT2D eigenvalue weighted by molar-refractivity contribution is 7.89. The van der Waals surface area contributed by atoms with Crippen molar-refractivity contribution in [3.63, 3.8) is 0 Å². The highest BCUT2D eigenvalue weighted by atomic mass is 32.2. The second kappa shape index (κ2) is 9.39. The minimum atomic E-state index is -3.84. The fourth-order valence-electron chi connectivity index (χ4n) is 3.10. The number of rotatable bonds is 7. The number of sulfonamides is 2. The van der Waals surface area contributed by atoms with E-state index in [1.54, 1.807) is 0 Å². The molecule has 2 amide bonds. The second-order valence-corrected chi connectivity index (χ2v) is 10.8. The van der Waals surface area contributed by atoms with Gasteiger partial charge in [0.1, 0.15) is 0 Å². The fourth-order valence-corrected chi connectivity index (χ4v) is 5.82. The molecule has 1 aromatic carbocycles. The minimum absolute atomic E-state index is 0.0244. The molecule has 11 nitrogen and oxygen atoms in total. The molecular weight excluding hydrogens is 436 g/mol. The van der Waals surface area contributed by atoms with E-state index >= 15 is 0 Å². The van der Waals surface area contributed by atoms with Gasteiger partial charge in [-0.15, -0.1) is 0 Å². The van der Waals surface area contributed by atoms with E-state index in [0.29, 0.717) is 26.3 Å². The third kappa shape index (κ3) is 5.35. The molecule has 0 spiro atoms. The lowest BCUT2D eigenvalue weighted by molar-refractivity contribution is -0.122. The molecule has 0 radical (unpaired) electrons. The number of morpholine rings is 1. The quantitative estimate of drug-likeness (QED) is 0.489. The molecule has 3 rings (SSSR count). The number of ether oxygens (including phenoxy) is 1. The van der Waals surface area contributed by atoms with E-state index in [-0.39, 0.29) is 48.3 Å². The zero-order valence-corrected chi connectivity index (χ0v) is 17.9. The van der Waals surface area contributed by atoms with Crippen molar-refractivity contribution in [2.24, 2.45) is 0 Å². The highest BCUT2D eigenvalue weighted by Crippen LogP contribution is 2.17. The van der Waals surface area contributed by atoms with Gasteiger partial charge in [0.2, 0.25) is 26.0 Å². The predicted molar refractivity (Wildman–Crippen MR) is 107 cm³/mol. The van der Waals surface area contributed by atoms with E-state index in [4.69, 9.17) is 4.74 Å². The summed E-state index contributed by atoms with van der Waals surface area (Å²) in [5.74, 6) is -1.11. The Balaban J connectivity index is 1.56. The standard InChI is InChI=1S/C17H24N4O7S2/c22-16-13-21(7-5-18-16)30(26,27)15-3-1-14(2-4-15)17(23)19-6-12-29(24,25)20-8-10-28-11-9-20/h1-4H,5-13H2,(H,18,22)(H,19,23). The van der Waals surface area contributed by atoms with Gasteiger partial charge in [-0.2, -0.15) is 8.61 Å². The smallest absolute Gasteiger partial charge is 0.251 e. The molecule has 0 saturated carbocycles. The number of nitrogens with zero attached hydrogens (tertiary/aromatic N) is 2. The van der Waals surface area contributed by atoms with Crippen LogP contribution in [0.3, 0.4) is 0 Å². The lowest BCUT2D eigenvalue weighted by Crippen LogP contribution is -2.49. The van der Waals surface area contributed by atoms with Crippen molar-refractivity contribution in [2.75, 3.05) is 58.2 Å². The summed E-state index contributed by atoms with van der Waals surface area (Å²) < 4.78 is 57.3. The van der Waals surface area contributed by atoms with E-state index < -0.39 is 26.0 Å². The number of amides is 2. The Morgan fingerprint density at radius 1 is 1.03 bits per heavy atom. The van der Waals surface area contributed by atoms with Gasteiger partial charge in [0.25, 0.3) is 5.91 Å². The summed E-state index contributed by atoms with van der Waals surface area (Å²) in [6.07, 6.45) is 0. The molecule has 1 aromatic rings. The SMILES string of the molecule is O=C1CN(S(=O)(=O)c2ccc(C(=O)NCCS(=O)(=O)N3CCOCC3)cc2)CCN1.